The fraction of sp³-hybridized carbons (Fsp3) is 0.524. The number of nitrogens with zero attached hydrogens (tertiary/aromatic N) is 4. The van der Waals surface area contributed by atoms with Gasteiger partial charge in [0.2, 0.25) is 5.95 Å². The van der Waals surface area contributed by atoms with Gasteiger partial charge >= 0.3 is 0 Å². The predicted molar refractivity (Wildman–Crippen MR) is 106 cm³/mol. The van der Waals surface area contributed by atoms with E-state index in [9.17, 15) is 4.79 Å². The minimum absolute atomic E-state index is 0.0487. The summed E-state index contributed by atoms with van der Waals surface area (Å²) in [6.07, 6.45) is 5.24. The van der Waals surface area contributed by atoms with Crippen molar-refractivity contribution in [3.8, 4) is 0 Å². The largest absolute Gasteiger partial charge is 0.378 e. The van der Waals surface area contributed by atoms with Crippen molar-refractivity contribution in [3.05, 3.63) is 47.0 Å². The van der Waals surface area contributed by atoms with Crippen molar-refractivity contribution in [2.75, 3.05) is 31.2 Å². The third-order valence-corrected chi connectivity index (χ3v) is 5.44. The van der Waals surface area contributed by atoms with E-state index >= 15 is 0 Å². The second-order valence-electron chi connectivity index (χ2n) is 8.43. The molecule has 2 aliphatic rings. The zero-order valence-corrected chi connectivity index (χ0v) is 16.7. The third-order valence-electron chi connectivity index (χ3n) is 5.44. The number of ether oxygens (including phenoxy) is 1. The summed E-state index contributed by atoms with van der Waals surface area (Å²) in [5.74, 6) is 0.644. The van der Waals surface area contributed by atoms with Crippen molar-refractivity contribution in [3.63, 3.8) is 0 Å². The van der Waals surface area contributed by atoms with Gasteiger partial charge in [-0.2, -0.15) is 0 Å². The van der Waals surface area contributed by atoms with Crippen molar-refractivity contribution in [1.82, 2.24) is 20.3 Å². The van der Waals surface area contributed by atoms with Crippen LogP contribution in [-0.4, -0.2) is 47.2 Å². The molecule has 2 aromatic rings. The molecule has 4 rings (SSSR count). The molecule has 0 aromatic carbocycles. The van der Waals surface area contributed by atoms with Gasteiger partial charge in [0.1, 0.15) is 0 Å². The van der Waals surface area contributed by atoms with Crippen molar-refractivity contribution < 1.29 is 9.53 Å². The van der Waals surface area contributed by atoms with Gasteiger partial charge in [0, 0.05) is 36.7 Å². The van der Waals surface area contributed by atoms with E-state index in [4.69, 9.17) is 9.72 Å². The number of aromatic nitrogens is 3. The van der Waals surface area contributed by atoms with Crippen LogP contribution in [-0.2, 0) is 11.2 Å². The second kappa shape index (κ2) is 7.47. The summed E-state index contributed by atoms with van der Waals surface area (Å²) in [6.45, 7) is 9.37. The zero-order valence-electron chi connectivity index (χ0n) is 16.7. The zero-order chi connectivity index (χ0) is 19.7. The van der Waals surface area contributed by atoms with E-state index in [1.165, 1.54) is 0 Å². The lowest BCUT2D eigenvalue weighted by molar-refractivity contribution is 0.0918. The molecule has 0 saturated carbocycles. The van der Waals surface area contributed by atoms with Crippen LogP contribution in [0.15, 0.2) is 24.5 Å². The molecule has 148 valence electrons. The second-order valence-corrected chi connectivity index (χ2v) is 8.43. The maximum absolute atomic E-state index is 12.7. The number of carbonyl (C=O) groups excluding carboxylic acids is 1. The number of hydrogen-bond acceptors (Lipinski definition) is 6. The summed E-state index contributed by atoms with van der Waals surface area (Å²) in [5.41, 5.74) is 3.56. The van der Waals surface area contributed by atoms with Gasteiger partial charge in [0.25, 0.3) is 5.91 Å². The third kappa shape index (κ3) is 3.99. The molecular formula is C21H27N5O2. The van der Waals surface area contributed by atoms with Gasteiger partial charge in [-0.1, -0.05) is 13.8 Å². The van der Waals surface area contributed by atoms with Crippen LogP contribution in [0.3, 0.4) is 0 Å². The molecule has 1 amide bonds. The van der Waals surface area contributed by atoms with Crippen LogP contribution in [0.2, 0.25) is 0 Å². The number of hydrogen-bond donors (Lipinski definition) is 1. The normalized spacial score (nSPS) is 21.1. The topological polar surface area (TPSA) is 80.2 Å². The molecule has 2 aromatic heterocycles. The molecule has 3 heterocycles. The summed E-state index contributed by atoms with van der Waals surface area (Å²) in [4.78, 5) is 28.6. The van der Waals surface area contributed by atoms with E-state index in [2.05, 4.69) is 34.0 Å². The van der Waals surface area contributed by atoms with E-state index in [1.807, 2.05) is 25.3 Å². The number of carbonyl (C=O) groups is 1. The molecule has 1 aliphatic heterocycles. The van der Waals surface area contributed by atoms with E-state index in [1.54, 1.807) is 6.20 Å². The van der Waals surface area contributed by atoms with Gasteiger partial charge < -0.3 is 15.0 Å². The average Bonchev–Trinajstić information content (AvgIpc) is 2.68. The average molecular weight is 381 g/mol. The van der Waals surface area contributed by atoms with Crippen LogP contribution in [0, 0.1) is 12.3 Å². The van der Waals surface area contributed by atoms with Gasteiger partial charge in [-0.25, -0.2) is 9.97 Å². The molecule has 0 spiro atoms. The highest BCUT2D eigenvalue weighted by Gasteiger charge is 2.35. The first-order valence-corrected chi connectivity index (χ1v) is 9.83. The first kappa shape index (κ1) is 18.8. The van der Waals surface area contributed by atoms with Crippen LogP contribution in [0.1, 0.15) is 53.6 Å². The molecule has 1 N–H and O–H groups in total. The van der Waals surface area contributed by atoms with Crippen LogP contribution in [0.5, 0.6) is 0 Å². The van der Waals surface area contributed by atoms with Gasteiger partial charge in [-0.3, -0.25) is 9.78 Å². The van der Waals surface area contributed by atoms with E-state index in [-0.39, 0.29) is 17.4 Å². The summed E-state index contributed by atoms with van der Waals surface area (Å²) in [7, 11) is 0. The van der Waals surface area contributed by atoms with Crippen molar-refractivity contribution in [2.45, 2.75) is 39.7 Å². The smallest absolute Gasteiger partial charge is 0.253 e. The Balaban J connectivity index is 1.59. The molecule has 28 heavy (non-hydrogen) atoms. The number of anilines is 1. The Morgan fingerprint density at radius 3 is 2.71 bits per heavy atom. The van der Waals surface area contributed by atoms with Gasteiger partial charge in [-0.15, -0.1) is 0 Å². The standard InChI is InChI=1S/C21H27N5O2/c1-14-4-5-15(12-22-14)19(27)24-17-10-21(2,3)11-18-16(17)13-23-20(25-18)26-6-8-28-9-7-26/h4-5,12-13,17H,6-11H2,1-3H3,(H,24,27)/t17-/m0/s1. The lowest BCUT2D eigenvalue weighted by Crippen LogP contribution is -2.39. The highest BCUT2D eigenvalue weighted by molar-refractivity contribution is 5.94. The van der Waals surface area contributed by atoms with Crippen LogP contribution < -0.4 is 10.2 Å². The predicted octanol–water partition coefficient (Wildman–Crippen LogP) is 2.46. The number of morpholine rings is 1. The monoisotopic (exact) mass is 381 g/mol. The Labute approximate surface area is 165 Å². The molecule has 7 nitrogen and oxygen atoms in total. The quantitative estimate of drug-likeness (QED) is 0.880. The lowest BCUT2D eigenvalue weighted by atomic mass is 9.74. The summed E-state index contributed by atoms with van der Waals surface area (Å²) in [5, 5.41) is 3.17. The molecule has 1 atom stereocenters. The molecule has 7 heteroatoms. The molecule has 0 unspecified atom stereocenters. The first-order chi connectivity index (χ1) is 13.4. The van der Waals surface area contributed by atoms with Crippen LogP contribution in [0.25, 0.3) is 0 Å². The highest BCUT2D eigenvalue weighted by Crippen LogP contribution is 2.40. The number of pyridine rings is 1. The summed E-state index contributed by atoms with van der Waals surface area (Å²) >= 11 is 0. The number of amides is 1. The Bertz CT molecular complexity index is 860. The maximum Gasteiger partial charge on any atom is 0.253 e. The Kier molecular flexibility index (Phi) is 5.02. The Hall–Kier alpha value is -2.54. The molecule has 0 radical (unpaired) electrons. The van der Waals surface area contributed by atoms with E-state index < -0.39 is 0 Å². The molecular weight excluding hydrogens is 354 g/mol. The fourth-order valence-corrected chi connectivity index (χ4v) is 3.92. The van der Waals surface area contributed by atoms with Crippen molar-refractivity contribution in [1.29, 1.82) is 0 Å². The molecule has 0 bridgehead atoms. The van der Waals surface area contributed by atoms with Gasteiger partial charge in [-0.05, 0) is 37.3 Å². The van der Waals surface area contributed by atoms with Crippen LogP contribution >= 0.6 is 0 Å². The van der Waals surface area contributed by atoms with Crippen molar-refractivity contribution in [2.24, 2.45) is 5.41 Å². The van der Waals surface area contributed by atoms with Gasteiger partial charge in [0.15, 0.2) is 0 Å². The SMILES string of the molecule is Cc1ccc(C(=O)N[C@H]2CC(C)(C)Cc3nc(N4CCOCC4)ncc32)cn1. The minimum atomic E-state index is -0.113. The molecule has 1 saturated heterocycles. The number of nitrogens with one attached hydrogen (secondary N) is 1. The Morgan fingerprint density at radius 2 is 2.00 bits per heavy atom. The summed E-state index contributed by atoms with van der Waals surface area (Å²) < 4.78 is 5.43. The fourth-order valence-electron chi connectivity index (χ4n) is 3.92. The van der Waals surface area contributed by atoms with Crippen LogP contribution in [0.4, 0.5) is 5.95 Å². The molecule has 1 aliphatic carbocycles. The maximum atomic E-state index is 12.7. The highest BCUT2D eigenvalue weighted by atomic mass is 16.5. The summed E-state index contributed by atoms with van der Waals surface area (Å²) in [6, 6.07) is 3.56. The number of rotatable bonds is 3. The Morgan fingerprint density at radius 1 is 1.21 bits per heavy atom. The number of fused-ring (bicyclic) bond motifs is 1. The lowest BCUT2D eigenvalue weighted by Gasteiger charge is -2.37. The minimum Gasteiger partial charge on any atom is -0.378 e. The van der Waals surface area contributed by atoms with Crippen molar-refractivity contribution >= 4 is 11.9 Å². The van der Waals surface area contributed by atoms with Gasteiger partial charge in [0.05, 0.1) is 30.5 Å². The first-order valence-electron chi connectivity index (χ1n) is 9.83. The van der Waals surface area contributed by atoms with E-state index in [0.717, 1.165) is 48.8 Å². The molecule has 1 fully saturated rings. The van der Waals surface area contributed by atoms with E-state index in [0.29, 0.717) is 18.8 Å². The number of aryl methyl sites for hydroxylation is 1.